The summed E-state index contributed by atoms with van der Waals surface area (Å²) in [7, 11) is 0. The highest BCUT2D eigenvalue weighted by atomic mass is 32.1. The maximum Gasteiger partial charge on any atom is 0.573 e. The molecule has 0 bridgehead atoms. The molecule has 0 fully saturated rings. The summed E-state index contributed by atoms with van der Waals surface area (Å²) in [6.07, 6.45) is -4.11. The predicted molar refractivity (Wildman–Crippen MR) is 107 cm³/mol. The summed E-state index contributed by atoms with van der Waals surface area (Å²) in [4.78, 5) is 21.4. The first-order valence-electron chi connectivity index (χ1n) is 9.04. The topological polar surface area (TPSA) is 82.5 Å². The van der Waals surface area contributed by atoms with Gasteiger partial charge in [-0.25, -0.2) is 4.98 Å². The van der Waals surface area contributed by atoms with Crippen LogP contribution in [-0.4, -0.2) is 28.4 Å². The summed E-state index contributed by atoms with van der Waals surface area (Å²) in [5.74, 6) is -0.775. The molecule has 0 saturated heterocycles. The van der Waals surface area contributed by atoms with Crippen LogP contribution >= 0.6 is 11.3 Å². The van der Waals surface area contributed by atoms with Crippen molar-refractivity contribution in [3.05, 3.63) is 64.0 Å². The highest BCUT2D eigenvalue weighted by molar-refractivity contribution is 7.07. The minimum atomic E-state index is -4.75. The van der Waals surface area contributed by atoms with E-state index < -0.39 is 12.3 Å². The van der Waals surface area contributed by atoms with Gasteiger partial charge in [0.05, 0.1) is 5.69 Å². The van der Waals surface area contributed by atoms with Crippen LogP contribution in [0.15, 0.2) is 52.8 Å². The third-order valence-corrected chi connectivity index (χ3v) is 4.94. The van der Waals surface area contributed by atoms with E-state index in [0.29, 0.717) is 35.6 Å². The van der Waals surface area contributed by atoms with Crippen LogP contribution in [0.5, 0.6) is 5.75 Å². The molecule has 10 heteroatoms. The van der Waals surface area contributed by atoms with Crippen LogP contribution in [0.25, 0.3) is 11.3 Å². The Kier molecular flexibility index (Phi) is 6.68. The second-order valence-corrected chi connectivity index (χ2v) is 7.19. The first-order chi connectivity index (χ1) is 14.3. The number of ether oxygens (including phenoxy) is 1. The molecule has 0 spiro atoms. The average Bonchev–Trinajstić information content (AvgIpc) is 3.08. The largest absolute Gasteiger partial charge is 0.573 e. The summed E-state index contributed by atoms with van der Waals surface area (Å²) in [5, 5.41) is 1.80. The number of carbonyl (C=O) groups is 1. The van der Waals surface area contributed by atoms with Gasteiger partial charge in [-0.1, -0.05) is 6.07 Å². The van der Waals surface area contributed by atoms with Crippen molar-refractivity contribution in [2.24, 2.45) is 10.7 Å². The minimum absolute atomic E-state index is 0.240. The van der Waals surface area contributed by atoms with E-state index in [1.54, 1.807) is 30.5 Å². The maximum atomic E-state index is 12.5. The Morgan fingerprint density at radius 2 is 1.97 bits per heavy atom. The van der Waals surface area contributed by atoms with Gasteiger partial charge in [-0.3, -0.25) is 4.79 Å². The number of alkyl halides is 3. The zero-order valence-electron chi connectivity index (χ0n) is 16.0. The third kappa shape index (κ3) is 5.55. The molecule has 30 heavy (non-hydrogen) atoms. The lowest BCUT2D eigenvalue weighted by atomic mass is 10.1. The fraction of sp³-hybridized carbons (Fsp3) is 0.250. The molecule has 0 aliphatic heterocycles. The number of amides is 1. The summed E-state index contributed by atoms with van der Waals surface area (Å²) in [5.41, 5.74) is 7.96. The van der Waals surface area contributed by atoms with Crippen molar-refractivity contribution in [2.75, 3.05) is 6.54 Å². The highest BCUT2D eigenvalue weighted by Gasteiger charge is 2.31. The Morgan fingerprint density at radius 3 is 2.60 bits per heavy atom. The van der Waals surface area contributed by atoms with E-state index in [0.717, 1.165) is 5.69 Å². The van der Waals surface area contributed by atoms with Crippen molar-refractivity contribution in [3.63, 3.8) is 0 Å². The van der Waals surface area contributed by atoms with Gasteiger partial charge in [0.1, 0.15) is 11.4 Å². The van der Waals surface area contributed by atoms with Gasteiger partial charge >= 0.3 is 6.36 Å². The molecule has 6 nitrogen and oxygen atoms in total. The molecule has 2 aromatic heterocycles. The number of aryl methyl sites for hydroxylation is 1. The van der Waals surface area contributed by atoms with Gasteiger partial charge in [0, 0.05) is 17.6 Å². The van der Waals surface area contributed by atoms with Crippen molar-refractivity contribution in [1.29, 1.82) is 0 Å². The molecule has 0 aliphatic rings. The van der Waals surface area contributed by atoms with Gasteiger partial charge in [-0.2, -0.15) is 4.99 Å². The van der Waals surface area contributed by atoms with E-state index >= 15 is 0 Å². The maximum absolute atomic E-state index is 12.5. The first kappa shape index (κ1) is 21.7. The van der Waals surface area contributed by atoms with Crippen LogP contribution in [0, 0.1) is 6.92 Å². The van der Waals surface area contributed by atoms with E-state index in [-0.39, 0.29) is 11.4 Å². The summed E-state index contributed by atoms with van der Waals surface area (Å²) in [6, 6.07) is 10.6. The fourth-order valence-corrected chi connectivity index (χ4v) is 3.68. The number of carbonyl (C=O) groups excluding carboxylic acids is 1. The van der Waals surface area contributed by atoms with Gasteiger partial charge < -0.3 is 15.0 Å². The first-order valence-corrected chi connectivity index (χ1v) is 9.92. The molecule has 158 valence electrons. The zero-order chi connectivity index (χ0) is 21.7. The molecule has 3 aromatic rings. The zero-order valence-corrected chi connectivity index (χ0v) is 16.8. The van der Waals surface area contributed by atoms with Crippen molar-refractivity contribution < 1.29 is 22.7 Å². The molecular weight excluding hydrogens is 417 g/mol. The summed E-state index contributed by atoms with van der Waals surface area (Å²) < 4.78 is 42.9. The van der Waals surface area contributed by atoms with Crippen LogP contribution in [0.4, 0.5) is 13.2 Å². The molecule has 3 rings (SSSR count). The smallest absolute Gasteiger partial charge is 0.406 e. The Morgan fingerprint density at radius 1 is 1.23 bits per heavy atom. The number of halogens is 3. The molecule has 0 radical (unpaired) electrons. The van der Waals surface area contributed by atoms with Gasteiger partial charge in [-0.15, -0.1) is 24.5 Å². The van der Waals surface area contributed by atoms with E-state index in [2.05, 4.69) is 14.7 Å². The molecule has 1 aromatic carbocycles. The number of benzene rings is 1. The normalized spacial score (nSPS) is 12.2. The number of rotatable bonds is 6. The van der Waals surface area contributed by atoms with Crippen LogP contribution in [0.3, 0.4) is 0 Å². The van der Waals surface area contributed by atoms with Crippen molar-refractivity contribution >= 4 is 17.2 Å². The lowest BCUT2D eigenvalue weighted by molar-refractivity contribution is -0.274. The standard InChI is InChI=1S/C20H19F3N4O2S/c1-13-4-2-5-16(25-13)18(28)26-19-27(11-3-10-24)17(12-30-19)14-6-8-15(9-7-14)29-20(21,22)23/h2,4-9,12H,3,10-11,24H2,1H3. The number of pyridine rings is 1. The molecule has 0 aliphatic carbocycles. The minimum Gasteiger partial charge on any atom is -0.406 e. The SMILES string of the molecule is Cc1cccc(C(=O)N=c2scc(-c3ccc(OC(F)(F)F)cc3)n2CCCN)n1. The predicted octanol–water partition coefficient (Wildman–Crippen LogP) is 3.91. The van der Waals surface area contributed by atoms with E-state index in [9.17, 15) is 18.0 Å². The lowest BCUT2D eigenvalue weighted by Gasteiger charge is -2.11. The van der Waals surface area contributed by atoms with Crippen molar-refractivity contribution in [1.82, 2.24) is 9.55 Å². The van der Waals surface area contributed by atoms with Crippen LogP contribution in [-0.2, 0) is 6.54 Å². The van der Waals surface area contributed by atoms with E-state index in [1.807, 2.05) is 4.57 Å². The third-order valence-electron chi connectivity index (χ3n) is 4.07. The number of aromatic nitrogens is 2. The lowest BCUT2D eigenvalue weighted by Crippen LogP contribution is -2.20. The van der Waals surface area contributed by atoms with Gasteiger partial charge in [-0.05, 0) is 61.9 Å². The van der Waals surface area contributed by atoms with E-state index in [4.69, 9.17) is 5.73 Å². The average molecular weight is 436 g/mol. The number of hydrogen-bond donors (Lipinski definition) is 1. The number of nitrogens with two attached hydrogens (primary N) is 1. The number of nitrogens with zero attached hydrogens (tertiary/aromatic N) is 3. The molecule has 2 N–H and O–H groups in total. The number of hydrogen-bond acceptors (Lipinski definition) is 5. The van der Waals surface area contributed by atoms with Crippen LogP contribution < -0.4 is 15.3 Å². The molecule has 0 unspecified atom stereocenters. The molecule has 2 heterocycles. The summed E-state index contributed by atoms with van der Waals surface area (Å²) >= 11 is 1.26. The monoisotopic (exact) mass is 436 g/mol. The second kappa shape index (κ2) is 9.23. The van der Waals surface area contributed by atoms with Crippen molar-refractivity contribution in [3.8, 4) is 17.0 Å². The fourth-order valence-electron chi connectivity index (χ4n) is 2.75. The van der Waals surface area contributed by atoms with Gasteiger partial charge in [0.2, 0.25) is 0 Å². The van der Waals surface area contributed by atoms with Gasteiger partial charge in [0.15, 0.2) is 4.80 Å². The Bertz CT molecular complexity index is 1090. The van der Waals surface area contributed by atoms with Crippen LogP contribution in [0.2, 0.25) is 0 Å². The molecule has 1 amide bonds. The second-order valence-electron chi connectivity index (χ2n) is 6.35. The quantitative estimate of drug-likeness (QED) is 0.635. The number of thiazole rings is 1. The Labute approximate surface area is 174 Å². The van der Waals surface area contributed by atoms with Crippen LogP contribution in [0.1, 0.15) is 22.6 Å². The van der Waals surface area contributed by atoms with Gasteiger partial charge in [0.25, 0.3) is 5.91 Å². The molecule has 0 saturated carbocycles. The molecule has 0 atom stereocenters. The summed E-state index contributed by atoms with van der Waals surface area (Å²) in [6.45, 7) is 2.73. The van der Waals surface area contributed by atoms with Crippen molar-refractivity contribution in [2.45, 2.75) is 26.3 Å². The Balaban J connectivity index is 1.96. The molecular formula is C20H19F3N4O2S. The highest BCUT2D eigenvalue weighted by Crippen LogP contribution is 2.27. The Hall–Kier alpha value is -2.98. The van der Waals surface area contributed by atoms with E-state index in [1.165, 1.54) is 35.6 Å².